The first-order valence-electron chi connectivity index (χ1n) is 10.2. The van der Waals surface area contributed by atoms with Gasteiger partial charge in [-0.25, -0.2) is 0 Å². The maximum absolute atomic E-state index is 9.50. The Kier molecular flexibility index (Phi) is 5.17. The SMILES string of the molecule is N[C@]1(CO)CC[C@H](c2ccc3c(c2)CCC(CCOCC2CC2)C3)C1. The predicted octanol–water partition coefficient (Wildman–Crippen LogP) is 3.57. The standard InChI is InChI=1S/C22H33NO2/c23-22(15-24)9-7-21(13-22)20-6-5-18-11-16(3-4-19(18)12-20)8-10-25-14-17-1-2-17/h5-6,12,16-17,21,24H,1-4,7-11,13-15,23H2/t16?,21-,22+/m0/s1. The molecule has 0 radical (unpaired) electrons. The number of hydrogen-bond donors (Lipinski definition) is 2. The van der Waals surface area contributed by atoms with Crippen molar-refractivity contribution in [1.82, 2.24) is 0 Å². The minimum atomic E-state index is -0.355. The van der Waals surface area contributed by atoms with Crippen molar-refractivity contribution >= 4 is 0 Å². The lowest BCUT2D eigenvalue weighted by atomic mass is 9.80. The van der Waals surface area contributed by atoms with Crippen LogP contribution in [0.5, 0.6) is 0 Å². The van der Waals surface area contributed by atoms with Crippen molar-refractivity contribution in [1.29, 1.82) is 0 Å². The Hall–Kier alpha value is -0.900. The molecular weight excluding hydrogens is 310 g/mol. The molecule has 4 rings (SSSR count). The van der Waals surface area contributed by atoms with Crippen molar-refractivity contribution in [3.05, 3.63) is 34.9 Å². The van der Waals surface area contributed by atoms with Crippen LogP contribution >= 0.6 is 0 Å². The Labute approximate surface area is 152 Å². The molecule has 0 aliphatic heterocycles. The topological polar surface area (TPSA) is 55.5 Å². The molecule has 1 aromatic rings. The Morgan fingerprint density at radius 1 is 1.12 bits per heavy atom. The molecule has 0 aromatic heterocycles. The summed E-state index contributed by atoms with van der Waals surface area (Å²) in [4.78, 5) is 0. The second-order valence-electron chi connectivity index (χ2n) is 8.90. The van der Waals surface area contributed by atoms with Crippen molar-refractivity contribution in [2.45, 2.75) is 69.2 Å². The van der Waals surface area contributed by atoms with E-state index in [2.05, 4.69) is 18.2 Å². The highest BCUT2D eigenvalue weighted by atomic mass is 16.5. The molecule has 3 nitrogen and oxygen atoms in total. The minimum absolute atomic E-state index is 0.110. The maximum Gasteiger partial charge on any atom is 0.0611 e. The molecule has 0 saturated heterocycles. The lowest BCUT2D eigenvalue weighted by molar-refractivity contribution is 0.109. The van der Waals surface area contributed by atoms with Crippen molar-refractivity contribution < 1.29 is 9.84 Å². The van der Waals surface area contributed by atoms with Crippen LogP contribution in [0.1, 0.15) is 67.6 Å². The van der Waals surface area contributed by atoms with Gasteiger partial charge in [0, 0.05) is 18.8 Å². The monoisotopic (exact) mass is 343 g/mol. The second-order valence-corrected chi connectivity index (χ2v) is 8.90. The van der Waals surface area contributed by atoms with Gasteiger partial charge in [0.2, 0.25) is 0 Å². The fourth-order valence-corrected chi connectivity index (χ4v) is 4.72. The van der Waals surface area contributed by atoms with Crippen molar-refractivity contribution in [2.75, 3.05) is 19.8 Å². The number of aliphatic hydroxyl groups is 1. The van der Waals surface area contributed by atoms with Gasteiger partial charge in [-0.1, -0.05) is 18.2 Å². The fourth-order valence-electron chi connectivity index (χ4n) is 4.72. The Morgan fingerprint density at radius 3 is 2.76 bits per heavy atom. The van der Waals surface area contributed by atoms with Crippen LogP contribution in [0.4, 0.5) is 0 Å². The first-order chi connectivity index (χ1) is 12.1. The molecule has 3 atom stereocenters. The Morgan fingerprint density at radius 2 is 2.00 bits per heavy atom. The zero-order valence-corrected chi connectivity index (χ0v) is 15.4. The first kappa shape index (κ1) is 17.5. The Balaban J connectivity index is 1.31. The number of rotatable bonds is 7. The average Bonchev–Trinajstić information content (AvgIpc) is 3.38. The molecule has 2 fully saturated rings. The van der Waals surface area contributed by atoms with Gasteiger partial charge >= 0.3 is 0 Å². The molecule has 0 amide bonds. The van der Waals surface area contributed by atoms with E-state index in [4.69, 9.17) is 10.5 Å². The van der Waals surface area contributed by atoms with Crippen LogP contribution < -0.4 is 5.73 Å². The summed E-state index contributed by atoms with van der Waals surface area (Å²) < 4.78 is 5.83. The molecule has 0 spiro atoms. The van der Waals surface area contributed by atoms with E-state index in [-0.39, 0.29) is 12.1 Å². The third-order valence-corrected chi connectivity index (χ3v) is 6.71. The highest BCUT2D eigenvalue weighted by Crippen LogP contribution is 2.40. The fraction of sp³-hybridized carbons (Fsp3) is 0.727. The quantitative estimate of drug-likeness (QED) is 0.744. The maximum atomic E-state index is 9.50. The zero-order valence-electron chi connectivity index (χ0n) is 15.4. The van der Waals surface area contributed by atoms with Gasteiger partial charge in [0.05, 0.1) is 6.61 Å². The second kappa shape index (κ2) is 7.38. The smallest absolute Gasteiger partial charge is 0.0611 e. The molecule has 0 heterocycles. The minimum Gasteiger partial charge on any atom is -0.394 e. The summed E-state index contributed by atoms with van der Waals surface area (Å²) in [5.41, 5.74) is 10.4. The normalized spacial score (nSPS) is 31.9. The summed E-state index contributed by atoms with van der Waals surface area (Å²) in [6.45, 7) is 2.04. The van der Waals surface area contributed by atoms with Gasteiger partial charge in [-0.05, 0) is 92.2 Å². The van der Waals surface area contributed by atoms with Gasteiger partial charge in [-0.15, -0.1) is 0 Å². The largest absolute Gasteiger partial charge is 0.394 e. The molecule has 1 aromatic carbocycles. The van der Waals surface area contributed by atoms with Crippen LogP contribution in [0.2, 0.25) is 0 Å². The number of aliphatic hydroxyl groups excluding tert-OH is 1. The average molecular weight is 344 g/mol. The molecule has 0 bridgehead atoms. The third-order valence-electron chi connectivity index (χ3n) is 6.71. The lowest BCUT2D eigenvalue weighted by Gasteiger charge is -2.26. The van der Waals surface area contributed by atoms with Crippen LogP contribution in [-0.2, 0) is 17.6 Å². The Bertz CT molecular complexity index is 598. The van der Waals surface area contributed by atoms with Crippen LogP contribution in [0.3, 0.4) is 0 Å². The summed E-state index contributed by atoms with van der Waals surface area (Å²) in [7, 11) is 0. The predicted molar refractivity (Wildman–Crippen MR) is 101 cm³/mol. The van der Waals surface area contributed by atoms with Gasteiger partial charge in [0.1, 0.15) is 0 Å². The number of hydrogen-bond acceptors (Lipinski definition) is 3. The number of ether oxygens (including phenoxy) is 1. The van der Waals surface area contributed by atoms with Gasteiger partial charge in [-0.3, -0.25) is 0 Å². The summed E-state index contributed by atoms with van der Waals surface area (Å²) in [6.07, 6.45) is 10.7. The zero-order chi connectivity index (χ0) is 17.3. The highest BCUT2D eigenvalue weighted by Gasteiger charge is 2.36. The number of nitrogens with two attached hydrogens (primary N) is 1. The van der Waals surface area contributed by atoms with Crippen LogP contribution in [0.25, 0.3) is 0 Å². The summed E-state index contributed by atoms with van der Waals surface area (Å²) >= 11 is 0. The number of fused-ring (bicyclic) bond motifs is 1. The highest BCUT2D eigenvalue weighted by molar-refractivity contribution is 5.36. The van der Waals surface area contributed by atoms with E-state index in [1.165, 1.54) is 44.1 Å². The van der Waals surface area contributed by atoms with Gasteiger partial charge in [0.15, 0.2) is 0 Å². The van der Waals surface area contributed by atoms with E-state index >= 15 is 0 Å². The lowest BCUT2D eigenvalue weighted by Crippen LogP contribution is -2.40. The molecular formula is C22H33NO2. The van der Waals surface area contributed by atoms with E-state index in [0.717, 1.165) is 44.3 Å². The van der Waals surface area contributed by atoms with Gasteiger partial charge in [-0.2, -0.15) is 0 Å². The van der Waals surface area contributed by atoms with Gasteiger partial charge < -0.3 is 15.6 Å². The van der Waals surface area contributed by atoms with Crippen LogP contribution in [0, 0.1) is 11.8 Å². The van der Waals surface area contributed by atoms with Crippen molar-refractivity contribution in [3.8, 4) is 0 Å². The summed E-state index contributed by atoms with van der Waals surface area (Å²) in [6, 6.07) is 7.11. The molecule has 25 heavy (non-hydrogen) atoms. The summed E-state index contributed by atoms with van der Waals surface area (Å²) in [5, 5.41) is 9.50. The van der Waals surface area contributed by atoms with Crippen LogP contribution in [0.15, 0.2) is 18.2 Å². The summed E-state index contributed by atoms with van der Waals surface area (Å²) in [5.74, 6) is 2.19. The molecule has 3 heteroatoms. The number of benzene rings is 1. The first-order valence-corrected chi connectivity index (χ1v) is 10.2. The molecule has 3 N–H and O–H groups in total. The van der Waals surface area contributed by atoms with Crippen molar-refractivity contribution in [3.63, 3.8) is 0 Å². The number of aryl methyl sites for hydroxylation is 1. The molecule has 3 aliphatic carbocycles. The van der Waals surface area contributed by atoms with E-state index in [0.29, 0.717) is 5.92 Å². The van der Waals surface area contributed by atoms with Gasteiger partial charge in [0.25, 0.3) is 0 Å². The van der Waals surface area contributed by atoms with Crippen molar-refractivity contribution in [2.24, 2.45) is 17.6 Å². The van der Waals surface area contributed by atoms with E-state index in [9.17, 15) is 5.11 Å². The van der Waals surface area contributed by atoms with E-state index in [1.54, 1.807) is 11.1 Å². The molecule has 1 unspecified atom stereocenters. The van der Waals surface area contributed by atoms with Crippen LogP contribution in [-0.4, -0.2) is 30.5 Å². The molecule has 2 saturated carbocycles. The van der Waals surface area contributed by atoms with E-state index < -0.39 is 0 Å². The van der Waals surface area contributed by atoms with E-state index in [1.807, 2.05) is 0 Å². The molecule has 138 valence electrons. The third kappa shape index (κ3) is 4.27. The molecule has 3 aliphatic rings.